The van der Waals surface area contributed by atoms with Crippen LogP contribution in [0, 0.1) is 17.8 Å². The number of esters is 6. The Morgan fingerprint density at radius 2 is 0.703 bits per heavy atom. The van der Waals surface area contributed by atoms with Gasteiger partial charge < -0.3 is 56.8 Å². The molecule has 0 N–H and O–H groups in total. The highest BCUT2D eigenvalue weighted by Gasteiger charge is 2.48. The lowest BCUT2D eigenvalue weighted by atomic mass is 9.82. The van der Waals surface area contributed by atoms with Gasteiger partial charge in [-0.2, -0.15) is 0 Å². The van der Waals surface area contributed by atoms with Gasteiger partial charge in [0.15, 0.2) is 0 Å². The fourth-order valence-electron chi connectivity index (χ4n) is 15.3. The van der Waals surface area contributed by atoms with E-state index in [0.29, 0.717) is 71.7 Å². The van der Waals surface area contributed by atoms with Crippen LogP contribution in [0.5, 0.6) is 0 Å². The maximum absolute atomic E-state index is 13.6. The van der Waals surface area contributed by atoms with Gasteiger partial charge >= 0.3 is 35.8 Å². The van der Waals surface area contributed by atoms with Crippen LogP contribution in [0.25, 0.3) is 0 Å². The predicted octanol–water partition coefficient (Wildman–Crippen LogP) is 23.5. The summed E-state index contributed by atoms with van der Waals surface area (Å²) in [7, 11) is 0. The topological polar surface area (TPSA) is 213 Å². The van der Waals surface area contributed by atoms with Gasteiger partial charge in [-0.1, -0.05) is 303 Å². The van der Waals surface area contributed by atoms with Crippen LogP contribution in [-0.2, 0) is 112 Å². The van der Waals surface area contributed by atoms with Crippen molar-refractivity contribution in [1.29, 1.82) is 0 Å². The number of rotatable bonds is 67. The van der Waals surface area contributed by atoms with Gasteiger partial charge in [-0.15, -0.1) is 0 Å². The summed E-state index contributed by atoms with van der Waals surface area (Å²) in [6, 6.07) is 39.8. The Hall–Kier alpha value is -7.06. The zero-order valence-electron chi connectivity index (χ0n) is 73.1. The van der Waals surface area contributed by atoms with Gasteiger partial charge in [-0.05, 0) is 130 Å². The molecule has 0 saturated carbocycles. The monoisotopic (exact) mass is 1640 g/mol. The Bertz CT molecular complexity index is 3290. The van der Waals surface area contributed by atoms with Crippen LogP contribution in [0.1, 0.15) is 327 Å². The molecule has 0 radical (unpaired) electrons. The van der Waals surface area contributed by atoms with Gasteiger partial charge in [0.05, 0.1) is 58.5 Å². The first-order valence-corrected chi connectivity index (χ1v) is 46.0. The van der Waals surface area contributed by atoms with Crippen molar-refractivity contribution < 1.29 is 85.6 Å². The molecule has 0 amide bonds. The van der Waals surface area contributed by atoms with Gasteiger partial charge in [0.25, 0.3) is 0 Å². The summed E-state index contributed by atoms with van der Waals surface area (Å²) in [6.07, 6.45) is 39.3. The minimum absolute atomic E-state index is 0.0279. The van der Waals surface area contributed by atoms with E-state index >= 15 is 0 Å². The summed E-state index contributed by atoms with van der Waals surface area (Å²) in [5.41, 5.74) is 4.09. The fraction of sp³-hybridized carbons (Fsp3) is 0.660. The molecule has 6 rings (SSSR count). The summed E-state index contributed by atoms with van der Waals surface area (Å²) in [5, 5.41) is 0. The first-order chi connectivity index (χ1) is 57.7. The van der Waals surface area contributed by atoms with Gasteiger partial charge in [-0.3, -0.25) is 28.8 Å². The molecule has 0 aromatic heterocycles. The van der Waals surface area contributed by atoms with Crippen molar-refractivity contribution in [2.75, 3.05) is 19.8 Å². The van der Waals surface area contributed by atoms with Crippen LogP contribution in [0.3, 0.4) is 0 Å². The van der Waals surface area contributed by atoms with E-state index < -0.39 is 54.9 Å². The Labute approximate surface area is 709 Å². The zero-order chi connectivity index (χ0) is 84.1. The standard InChI is InChI=1S/C100H150O18/c1-7-10-12-44-62-86(113-92(103)68-52-70-94(105)117-99-81(6)96(110-75-83-56-38-33-39-57-83)98(112-77-85-60-42-35-43-61-85)89(116-99)78-107-74-82-54-36-32-37-55-82)64-46-26-20-14-16-22-28-48-66-90(101)108-72-50-30-24-18-19-25-31-51-73-109-91(102)67-49-29-23-17-15-21-27-47-65-87(63-45-13-11-8-2)114-93(104)69-53-71-95(106)118-100-97(80(5)79(4)88(9-3)115-100)111-76-84-58-40-34-41-59-84/h26-27,32-43,46-47,54-61,79-81,86-89,96-100H,7-25,28-31,44-45,48-53,62-78H2,1-6H3/b46-26-,47-27-/t79-,80+,81?,86-,87-,88?,89?,96-,97?,98+,99+,100+/m1/s1. The van der Waals surface area contributed by atoms with Crippen molar-refractivity contribution in [3.8, 4) is 0 Å². The minimum atomic E-state index is -0.935. The maximum atomic E-state index is 13.6. The van der Waals surface area contributed by atoms with Crippen molar-refractivity contribution in [1.82, 2.24) is 0 Å². The number of carbonyl (C=O) groups excluding carboxylic acids is 6. The van der Waals surface area contributed by atoms with Gasteiger partial charge in [0.2, 0.25) is 12.6 Å². The Morgan fingerprint density at radius 3 is 1.14 bits per heavy atom. The molecule has 2 saturated heterocycles. The molecule has 0 spiro atoms. The van der Waals surface area contributed by atoms with Crippen LogP contribution >= 0.6 is 0 Å². The number of benzene rings is 4. The molecular weight excluding hydrogens is 1490 g/mol. The average molecular weight is 1640 g/mol. The van der Waals surface area contributed by atoms with Crippen molar-refractivity contribution in [2.45, 2.75) is 387 Å². The number of allylic oxidation sites excluding steroid dienone is 2. The van der Waals surface area contributed by atoms with Crippen molar-refractivity contribution in [3.63, 3.8) is 0 Å². The van der Waals surface area contributed by atoms with Crippen molar-refractivity contribution >= 4 is 35.8 Å². The molecule has 18 nitrogen and oxygen atoms in total. The minimum Gasteiger partial charge on any atom is -0.466 e. The summed E-state index contributed by atoms with van der Waals surface area (Å²) < 4.78 is 73.9. The molecule has 4 aromatic rings. The summed E-state index contributed by atoms with van der Waals surface area (Å²) in [4.78, 5) is 78.0. The van der Waals surface area contributed by atoms with E-state index in [1.807, 2.05) is 128 Å². The molecule has 0 aliphatic carbocycles. The lowest BCUT2D eigenvalue weighted by Gasteiger charge is -2.44. The van der Waals surface area contributed by atoms with Crippen molar-refractivity contribution in [2.24, 2.45) is 17.8 Å². The van der Waals surface area contributed by atoms with E-state index in [4.69, 9.17) is 56.8 Å². The van der Waals surface area contributed by atoms with E-state index in [-0.39, 0.29) is 92.7 Å². The summed E-state index contributed by atoms with van der Waals surface area (Å²) in [6.45, 7) is 15.3. The Kier molecular flexibility index (Phi) is 54.0. The quantitative estimate of drug-likeness (QED) is 0.0174. The first-order valence-electron chi connectivity index (χ1n) is 46.0. The van der Waals surface area contributed by atoms with Crippen molar-refractivity contribution in [3.05, 3.63) is 168 Å². The Morgan fingerprint density at radius 1 is 0.339 bits per heavy atom. The highest BCUT2D eigenvalue weighted by atomic mass is 16.7. The third-order valence-corrected chi connectivity index (χ3v) is 22.7. The molecule has 2 aliphatic rings. The third kappa shape index (κ3) is 44.5. The predicted molar refractivity (Wildman–Crippen MR) is 464 cm³/mol. The van der Waals surface area contributed by atoms with Crippen LogP contribution < -0.4 is 0 Å². The molecule has 2 aliphatic heterocycles. The number of unbranched alkanes of at least 4 members (excludes halogenated alkanes) is 23. The fourth-order valence-corrected chi connectivity index (χ4v) is 15.3. The van der Waals surface area contributed by atoms with Crippen LogP contribution in [0.15, 0.2) is 146 Å². The third-order valence-electron chi connectivity index (χ3n) is 22.7. The summed E-state index contributed by atoms with van der Waals surface area (Å²) in [5.74, 6) is -1.69. The second kappa shape index (κ2) is 63.9. The molecule has 4 aromatic carbocycles. The highest BCUT2D eigenvalue weighted by Crippen LogP contribution is 2.37. The molecule has 4 unspecified atom stereocenters. The van der Waals surface area contributed by atoms with Crippen LogP contribution in [-0.4, -0.2) is 111 Å². The molecule has 2 fully saturated rings. The van der Waals surface area contributed by atoms with Gasteiger partial charge in [0, 0.05) is 57.3 Å². The van der Waals surface area contributed by atoms with E-state index in [1.165, 1.54) is 0 Å². The summed E-state index contributed by atoms with van der Waals surface area (Å²) >= 11 is 0. The maximum Gasteiger partial charge on any atom is 0.308 e. The Balaban J connectivity index is 0.720. The van der Waals surface area contributed by atoms with Gasteiger partial charge in [0.1, 0.15) is 30.5 Å². The van der Waals surface area contributed by atoms with Gasteiger partial charge in [-0.25, -0.2) is 0 Å². The van der Waals surface area contributed by atoms with E-state index in [2.05, 4.69) is 58.9 Å². The van der Waals surface area contributed by atoms with E-state index in [9.17, 15) is 28.8 Å². The van der Waals surface area contributed by atoms with E-state index in [1.54, 1.807) is 0 Å². The van der Waals surface area contributed by atoms with Crippen LogP contribution in [0.4, 0.5) is 0 Å². The number of hydrogen-bond donors (Lipinski definition) is 0. The normalized spacial score (nSPS) is 19.8. The molecular formula is C100H150O18. The molecule has 12 atom stereocenters. The first kappa shape index (κ1) is 99.8. The second-order valence-electron chi connectivity index (χ2n) is 32.8. The largest absolute Gasteiger partial charge is 0.466 e. The average Bonchev–Trinajstić information content (AvgIpc) is 0.802. The number of ether oxygens (including phenoxy) is 12. The number of hydrogen-bond acceptors (Lipinski definition) is 18. The zero-order valence-corrected chi connectivity index (χ0v) is 73.1. The smallest absolute Gasteiger partial charge is 0.308 e. The number of carbonyl (C=O) groups is 6. The SMILES string of the molecule is CCCCCC[C@H](C/C=C\CCCCCCCC(=O)OCCCCCCCCCCOC(=O)CCCCCCC/C=C\C[C@@H](CCCCCC)OC(=O)CCCC(=O)O[C@@H]1OC(COCc2ccccc2)[C@H](OCc2ccccc2)[C@H](OCc2ccccc2)C1C)OC(=O)CCCC(=O)O[C@@H]1OC(CC)[C@H](C)[C@H](C)C1OCc1ccccc1. The van der Waals surface area contributed by atoms with Crippen LogP contribution in [0.2, 0.25) is 0 Å². The lowest BCUT2D eigenvalue weighted by molar-refractivity contribution is -0.294. The molecule has 2 heterocycles. The highest BCUT2D eigenvalue weighted by molar-refractivity contribution is 5.73. The molecule has 0 bridgehead atoms. The lowest BCUT2D eigenvalue weighted by Crippen LogP contribution is -2.57. The molecule has 658 valence electrons. The molecule has 18 heteroatoms. The molecule has 118 heavy (non-hydrogen) atoms. The second-order valence-corrected chi connectivity index (χ2v) is 32.8. The van der Waals surface area contributed by atoms with E-state index in [0.717, 1.165) is 221 Å².